The van der Waals surface area contributed by atoms with E-state index in [-0.39, 0.29) is 5.56 Å². The standard InChI is InChI=1S/C11H12F2N2O2/c12-8-6-10(15(16)17)9(13)5-7(8)11(14)3-1-2-4-11/h5-6H,1-4,14H2. The van der Waals surface area contributed by atoms with Crippen molar-refractivity contribution < 1.29 is 13.7 Å². The molecule has 2 rings (SSSR count). The number of nitro benzene ring substituents is 1. The van der Waals surface area contributed by atoms with Crippen molar-refractivity contribution in [3.8, 4) is 0 Å². The fourth-order valence-electron chi connectivity index (χ4n) is 2.33. The summed E-state index contributed by atoms with van der Waals surface area (Å²) in [7, 11) is 0. The Hall–Kier alpha value is -1.56. The van der Waals surface area contributed by atoms with Crippen LogP contribution in [0.25, 0.3) is 0 Å². The van der Waals surface area contributed by atoms with Crippen LogP contribution in [0.4, 0.5) is 14.5 Å². The third kappa shape index (κ3) is 2.00. The number of hydrogen-bond acceptors (Lipinski definition) is 3. The molecule has 0 saturated heterocycles. The smallest absolute Gasteiger partial charge is 0.307 e. The summed E-state index contributed by atoms with van der Waals surface area (Å²) < 4.78 is 27.2. The van der Waals surface area contributed by atoms with Gasteiger partial charge in [-0.15, -0.1) is 0 Å². The van der Waals surface area contributed by atoms with Gasteiger partial charge in [0.05, 0.1) is 11.0 Å². The first-order valence-corrected chi connectivity index (χ1v) is 5.37. The third-order valence-electron chi connectivity index (χ3n) is 3.27. The molecule has 1 saturated carbocycles. The van der Waals surface area contributed by atoms with Gasteiger partial charge in [-0.25, -0.2) is 4.39 Å². The van der Waals surface area contributed by atoms with E-state index in [4.69, 9.17) is 5.73 Å². The average Bonchev–Trinajstić information content (AvgIpc) is 2.69. The molecule has 0 aliphatic heterocycles. The first kappa shape index (κ1) is 11.9. The summed E-state index contributed by atoms with van der Waals surface area (Å²) in [5.41, 5.74) is 4.30. The second-order valence-electron chi connectivity index (χ2n) is 4.40. The molecule has 0 aromatic heterocycles. The highest BCUT2D eigenvalue weighted by atomic mass is 19.1. The molecule has 2 N–H and O–H groups in total. The van der Waals surface area contributed by atoms with Crippen LogP contribution in [0.5, 0.6) is 0 Å². The number of nitro groups is 1. The Balaban J connectivity index is 2.50. The summed E-state index contributed by atoms with van der Waals surface area (Å²) in [6.45, 7) is 0. The second kappa shape index (κ2) is 4.03. The molecule has 6 heteroatoms. The van der Waals surface area contributed by atoms with Crippen molar-refractivity contribution in [2.24, 2.45) is 5.73 Å². The summed E-state index contributed by atoms with van der Waals surface area (Å²) >= 11 is 0. The Morgan fingerprint density at radius 3 is 2.35 bits per heavy atom. The van der Waals surface area contributed by atoms with Gasteiger partial charge in [0.1, 0.15) is 5.82 Å². The van der Waals surface area contributed by atoms with Crippen molar-refractivity contribution in [1.82, 2.24) is 0 Å². The van der Waals surface area contributed by atoms with E-state index < -0.39 is 27.8 Å². The number of nitrogens with two attached hydrogens (primary N) is 1. The van der Waals surface area contributed by atoms with E-state index in [1.165, 1.54) is 0 Å². The van der Waals surface area contributed by atoms with Gasteiger partial charge in [-0.05, 0) is 18.9 Å². The van der Waals surface area contributed by atoms with Crippen molar-refractivity contribution in [3.05, 3.63) is 39.4 Å². The summed E-state index contributed by atoms with van der Waals surface area (Å²) in [5.74, 6) is -1.84. The lowest BCUT2D eigenvalue weighted by atomic mass is 9.88. The van der Waals surface area contributed by atoms with Gasteiger partial charge in [0.2, 0.25) is 5.82 Å². The second-order valence-corrected chi connectivity index (χ2v) is 4.40. The van der Waals surface area contributed by atoms with Gasteiger partial charge in [0.25, 0.3) is 0 Å². The minimum Gasteiger partial charge on any atom is -0.321 e. The Labute approximate surface area is 96.6 Å². The lowest BCUT2D eigenvalue weighted by Gasteiger charge is -2.24. The Morgan fingerprint density at radius 1 is 1.24 bits per heavy atom. The van der Waals surface area contributed by atoms with E-state index in [0.717, 1.165) is 18.9 Å². The van der Waals surface area contributed by atoms with Crippen molar-refractivity contribution in [2.45, 2.75) is 31.2 Å². The molecule has 0 amide bonds. The minimum absolute atomic E-state index is 0.0399. The Bertz CT molecular complexity index is 471. The Kier molecular flexibility index (Phi) is 2.82. The lowest BCUT2D eigenvalue weighted by Crippen LogP contribution is -2.34. The number of nitrogens with zero attached hydrogens (tertiary/aromatic N) is 1. The van der Waals surface area contributed by atoms with Gasteiger partial charge in [-0.3, -0.25) is 10.1 Å². The van der Waals surface area contributed by atoms with Crippen molar-refractivity contribution >= 4 is 5.69 Å². The van der Waals surface area contributed by atoms with E-state index in [9.17, 15) is 18.9 Å². The molecule has 0 radical (unpaired) electrons. The van der Waals surface area contributed by atoms with E-state index in [0.29, 0.717) is 18.9 Å². The summed E-state index contributed by atoms with van der Waals surface area (Å²) in [6.07, 6.45) is 2.85. The van der Waals surface area contributed by atoms with Crippen LogP contribution in [0, 0.1) is 21.7 Å². The molecule has 92 valence electrons. The monoisotopic (exact) mass is 242 g/mol. The molecule has 1 aliphatic carbocycles. The summed E-state index contributed by atoms with van der Waals surface area (Å²) in [6, 6.07) is 1.47. The highest BCUT2D eigenvalue weighted by molar-refractivity contribution is 5.39. The average molecular weight is 242 g/mol. The van der Waals surface area contributed by atoms with Crippen LogP contribution in [-0.2, 0) is 5.54 Å². The lowest BCUT2D eigenvalue weighted by molar-refractivity contribution is -0.387. The van der Waals surface area contributed by atoms with Crippen molar-refractivity contribution in [2.75, 3.05) is 0 Å². The van der Waals surface area contributed by atoms with Gasteiger partial charge in [0.15, 0.2) is 0 Å². The molecule has 0 atom stereocenters. The van der Waals surface area contributed by atoms with Gasteiger partial charge in [0, 0.05) is 11.1 Å². The summed E-state index contributed by atoms with van der Waals surface area (Å²) in [4.78, 5) is 9.51. The maximum absolute atomic E-state index is 13.7. The van der Waals surface area contributed by atoms with Gasteiger partial charge < -0.3 is 5.73 Å². The highest BCUT2D eigenvalue weighted by Gasteiger charge is 2.35. The molecular weight excluding hydrogens is 230 g/mol. The molecule has 17 heavy (non-hydrogen) atoms. The van der Waals surface area contributed by atoms with Gasteiger partial charge >= 0.3 is 5.69 Å². The zero-order valence-corrected chi connectivity index (χ0v) is 9.08. The van der Waals surface area contributed by atoms with Crippen LogP contribution in [0.15, 0.2) is 12.1 Å². The number of benzene rings is 1. The predicted molar refractivity (Wildman–Crippen MR) is 57.3 cm³/mol. The maximum atomic E-state index is 13.7. The van der Waals surface area contributed by atoms with Crippen LogP contribution in [-0.4, -0.2) is 4.92 Å². The normalized spacial score (nSPS) is 18.3. The highest BCUT2D eigenvalue weighted by Crippen LogP contribution is 2.38. The van der Waals surface area contributed by atoms with Crippen LogP contribution in [0.2, 0.25) is 0 Å². The predicted octanol–water partition coefficient (Wildman–Crippen LogP) is 2.60. The largest absolute Gasteiger partial charge is 0.321 e. The number of hydrogen-bond donors (Lipinski definition) is 1. The topological polar surface area (TPSA) is 69.2 Å². The van der Waals surface area contributed by atoms with Crippen LogP contribution < -0.4 is 5.73 Å². The van der Waals surface area contributed by atoms with E-state index in [2.05, 4.69) is 0 Å². The third-order valence-corrected chi connectivity index (χ3v) is 3.27. The SMILES string of the molecule is NC1(c2cc(F)c([N+](=O)[O-])cc2F)CCCC1. The Morgan fingerprint density at radius 2 is 1.82 bits per heavy atom. The fraction of sp³-hybridized carbons (Fsp3) is 0.455. The number of halogens is 2. The summed E-state index contributed by atoms with van der Waals surface area (Å²) in [5, 5.41) is 10.5. The van der Waals surface area contributed by atoms with Gasteiger partial charge in [-0.2, -0.15) is 4.39 Å². The van der Waals surface area contributed by atoms with E-state index in [1.807, 2.05) is 0 Å². The molecule has 0 unspecified atom stereocenters. The first-order chi connectivity index (χ1) is 7.94. The number of rotatable bonds is 2. The first-order valence-electron chi connectivity index (χ1n) is 5.37. The minimum atomic E-state index is -1.04. The molecule has 4 nitrogen and oxygen atoms in total. The van der Waals surface area contributed by atoms with Crippen LogP contribution in [0.3, 0.4) is 0 Å². The zero-order valence-electron chi connectivity index (χ0n) is 9.08. The molecule has 1 fully saturated rings. The molecule has 0 bridgehead atoms. The molecular formula is C11H12F2N2O2. The van der Waals surface area contributed by atoms with Crippen molar-refractivity contribution in [3.63, 3.8) is 0 Å². The van der Waals surface area contributed by atoms with Crippen molar-refractivity contribution in [1.29, 1.82) is 0 Å². The zero-order chi connectivity index (χ0) is 12.6. The molecule has 1 aromatic carbocycles. The van der Waals surface area contributed by atoms with Crippen LogP contribution in [0.1, 0.15) is 31.2 Å². The molecule has 1 aliphatic rings. The quantitative estimate of drug-likeness (QED) is 0.640. The molecule has 1 aromatic rings. The van der Waals surface area contributed by atoms with E-state index >= 15 is 0 Å². The molecule has 0 heterocycles. The maximum Gasteiger partial charge on any atom is 0.307 e. The molecule has 0 spiro atoms. The fourth-order valence-corrected chi connectivity index (χ4v) is 2.33. The van der Waals surface area contributed by atoms with Crippen LogP contribution >= 0.6 is 0 Å². The van der Waals surface area contributed by atoms with Gasteiger partial charge in [-0.1, -0.05) is 12.8 Å². The van der Waals surface area contributed by atoms with E-state index in [1.54, 1.807) is 0 Å².